The molecule has 0 spiro atoms. The van der Waals surface area contributed by atoms with E-state index in [4.69, 9.17) is 10.5 Å². The highest BCUT2D eigenvalue weighted by Crippen LogP contribution is 2.19. The number of pyridine rings is 1. The van der Waals surface area contributed by atoms with Crippen molar-refractivity contribution < 1.29 is 14.3 Å². The number of nitrogens with one attached hydrogen (secondary N) is 1. The van der Waals surface area contributed by atoms with Gasteiger partial charge >= 0.3 is 0 Å². The molecule has 3 N–H and O–H groups in total. The molecule has 2 rings (SSSR count). The number of primary amides is 1. The molecule has 0 atom stereocenters. The standard InChI is InChI=1S/C15H15N3O3/c1-10-6-7-17-14(8-10)18-15(20)11-4-2-3-5-12(11)21-9-13(16)19/h2-8H,9H2,1H3,(H2,16,19)(H,17,18,20). The summed E-state index contributed by atoms with van der Waals surface area (Å²) in [5.41, 5.74) is 6.32. The fourth-order valence-electron chi connectivity index (χ4n) is 1.72. The van der Waals surface area contributed by atoms with E-state index in [1.807, 2.05) is 13.0 Å². The Labute approximate surface area is 121 Å². The molecule has 0 saturated heterocycles. The minimum atomic E-state index is -0.606. The number of carbonyl (C=O) groups is 2. The third-order valence-electron chi connectivity index (χ3n) is 2.66. The summed E-state index contributed by atoms with van der Waals surface area (Å²) in [5.74, 6) is -0.232. The van der Waals surface area contributed by atoms with Crippen molar-refractivity contribution in [1.82, 2.24) is 4.98 Å². The van der Waals surface area contributed by atoms with Gasteiger partial charge in [0.2, 0.25) is 0 Å². The lowest BCUT2D eigenvalue weighted by Crippen LogP contribution is -2.21. The van der Waals surface area contributed by atoms with Crippen LogP contribution in [0.25, 0.3) is 0 Å². The maximum absolute atomic E-state index is 12.2. The molecule has 2 aromatic rings. The number of hydrogen-bond donors (Lipinski definition) is 2. The Morgan fingerprint density at radius 1 is 1.29 bits per heavy atom. The number of hydrogen-bond acceptors (Lipinski definition) is 4. The summed E-state index contributed by atoms with van der Waals surface area (Å²) >= 11 is 0. The van der Waals surface area contributed by atoms with Gasteiger partial charge in [-0.3, -0.25) is 9.59 Å². The van der Waals surface area contributed by atoms with Gasteiger partial charge in [0, 0.05) is 6.20 Å². The number of ether oxygens (including phenoxy) is 1. The van der Waals surface area contributed by atoms with E-state index < -0.39 is 5.91 Å². The van der Waals surface area contributed by atoms with E-state index in [1.165, 1.54) is 0 Å². The van der Waals surface area contributed by atoms with Gasteiger partial charge in [-0.15, -0.1) is 0 Å². The molecule has 21 heavy (non-hydrogen) atoms. The minimum absolute atomic E-state index is 0.285. The smallest absolute Gasteiger partial charge is 0.260 e. The number of anilines is 1. The van der Waals surface area contributed by atoms with Gasteiger partial charge in [-0.1, -0.05) is 12.1 Å². The first-order chi connectivity index (χ1) is 10.1. The van der Waals surface area contributed by atoms with Gasteiger partial charge in [0.25, 0.3) is 11.8 Å². The Balaban J connectivity index is 2.17. The Hall–Kier alpha value is -2.89. The fourth-order valence-corrected chi connectivity index (χ4v) is 1.72. The highest BCUT2D eigenvalue weighted by atomic mass is 16.5. The van der Waals surface area contributed by atoms with E-state index in [-0.39, 0.29) is 12.5 Å². The quantitative estimate of drug-likeness (QED) is 0.870. The number of amides is 2. The lowest BCUT2D eigenvalue weighted by atomic mass is 10.2. The monoisotopic (exact) mass is 285 g/mol. The number of nitrogens with zero attached hydrogens (tertiary/aromatic N) is 1. The second kappa shape index (κ2) is 6.51. The molecule has 2 amide bonds. The number of para-hydroxylation sites is 1. The second-order valence-electron chi connectivity index (χ2n) is 4.42. The van der Waals surface area contributed by atoms with Crippen LogP contribution in [0.3, 0.4) is 0 Å². The van der Waals surface area contributed by atoms with Crippen LogP contribution in [0.1, 0.15) is 15.9 Å². The van der Waals surface area contributed by atoms with Crippen LogP contribution in [-0.4, -0.2) is 23.4 Å². The van der Waals surface area contributed by atoms with E-state index in [0.717, 1.165) is 5.56 Å². The molecule has 1 aromatic heterocycles. The number of carbonyl (C=O) groups excluding carboxylic acids is 2. The first-order valence-electron chi connectivity index (χ1n) is 6.30. The number of aromatic nitrogens is 1. The second-order valence-corrected chi connectivity index (χ2v) is 4.42. The Morgan fingerprint density at radius 2 is 2.05 bits per heavy atom. The van der Waals surface area contributed by atoms with E-state index in [2.05, 4.69) is 10.3 Å². The molecule has 6 nitrogen and oxygen atoms in total. The van der Waals surface area contributed by atoms with Crippen molar-refractivity contribution in [3.63, 3.8) is 0 Å². The molecule has 0 unspecified atom stereocenters. The van der Waals surface area contributed by atoms with E-state index in [9.17, 15) is 9.59 Å². The number of rotatable bonds is 5. The largest absolute Gasteiger partial charge is 0.483 e. The predicted molar refractivity (Wildman–Crippen MR) is 78.1 cm³/mol. The molecule has 0 fully saturated rings. The molecule has 0 aliphatic carbocycles. The maximum atomic E-state index is 12.2. The zero-order chi connectivity index (χ0) is 15.2. The van der Waals surface area contributed by atoms with Crippen molar-refractivity contribution in [2.45, 2.75) is 6.92 Å². The van der Waals surface area contributed by atoms with Gasteiger partial charge in [0.1, 0.15) is 11.6 Å². The van der Waals surface area contributed by atoms with E-state index in [1.54, 1.807) is 36.5 Å². The number of aryl methyl sites for hydroxylation is 1. The first kappa shape index (κ1) is 14.5. The van der Waals surface area contributed by atoms with Crippen molar-refractivity contribution in [2.24, 2.45) is 5.73 Å². The summed E-state index contributed by atoms with van der Waals surface area (Å²) in [6.45, 7) is 1.62. The molecule has 6 heteroatoms. The van der Waals surface area contributed by atoms with Crippen molar-refractivity contribution in [3.05, 3.63) is 53.7 Å². The van der Waals surface area contributed by atoms with Gasteiger partial charge in [0.05, 0.1) is 5.56 Å². The minimum Gasteiger partial charge on any atom is -0.483 e. The summed E-state index contributed by atoms with van der Waals surface area (Å²) in [6, 6.07) is 10.2. The summed E-state index contributed by atoms with van der Waals surface area (Å²) < 4.78 is 5.23. The lowest BCUT2D eigenvalue weighted by Gasteiger charge is -2.10. The molecule has 1 aromatic carbocycles. The van der Waals surface area contributed by atoms with Crippen LogP contribution in [0.15, 0.2) is 42.6 Å². The van der Waals surface area contributed by atoms with Crippen LogP contribution in [0, 0.1) is 6.92 Å². The van der Waals surface area contributed by atoms with Crippen LogP contribution in [0.2, 0.25) is 0 Å². The third kappa shape index (κ3) is 4.04. The summed E-state index contributed by atoms with van der Waals surface area (Å²) in [5, 5.41) is 2.68. The SMILES string of the molecule is Cc1ccnc(NC(=O)c2ccccc2OCC(N)=O)c1. The highest BCUT2D eigenvalue weighted by Gasteiger charge is 2.13. The molecule has 0 radical (unpaired) electrons. The Kier molecular flexibility index (Phi) is 4.50. The topological polar surface area (TPSA) is 94.3 Å². The average molecular weight is 285 g/mol. The lowest BCUT2D eigenvalue weighted by molar-refractivity contribution is -0.119. The highest BCUT2D eigenvalue weighted by molar-refractivity contribution is 6.05. The summed E-state index contributed by atoms with van der Waals surface area (Å²) in [4.78, 5) is 27.1. The normalized spacial score (nSPS) is 9.95. The van der Waals surface area contributed by atoms with Crippen LogP contribution in [0.4, 0.5) is 5.82 Å². The molecule has 0 bridgehead atoms. The van der Waals surface area contributed by atoms with Crippen LogP contribution in [-0.2, 0) is 4.79 Å². The molecule has 1 heterocycles. The van der Waals surface area contributed by atoms with Gasteiger partial charge in [0.15, 0.2) is 6.61 Å². The van der Waals surface area contributed by atoms with E-state index in [0.29, 0.717) is 17.1 Å². The molecule has 0 saturated carbocycles. The van der Waals surface area contributed by atoms with Crippen molar-refractivity contribution in [3.8, 4) is 5.75 Å². The molecular formula is C15H15N3O3. The van der Waals surface area contributed by atoms with Gasteiger partial charge < -0.3 is 15.8 Å². The van der Waals surface area contributed by atoms with Crippen LogP contribution >= 0.6 is 0 Å². The summed E-state index contributed by atoms with van der Waals surface area (Å²) in [7, 11) is 0. The maximum Gasteiger partial charge on any atom is 0.260 e. The van der Waals surface area contributed by atoms with Crippen molar-refractivity contribution >= 4 is 17.6 Å². The third-order valence-corrected chi connectivity index (χ3v) is 2.66. The van der Waals surface area contributed by atoms with Gasteiger partial charge in [-0.25, -0.2) is 4.98 Å². The molecule has 0 aliphatic heterocycles. The van der Waals surface area contributed by atoms with E-state index >= 15 is 0 Å². The van der Waals surface area contributed by atoms with Crippen molar-refractivity contribution in [1.29, 1.82) is 0 Å². The Bertz CT molecular complexity index is 671. The fraction of sp³-hybridized carbons (Fsp3) is 0.133. The van der Waals surface area contributed by atoms with Gasteiger partial charge in [-0.2, -0.15) is 0 Å². The number of benzene rings is 1. The zero-order valence-corrected chi connectivity index (χ0v) is 11.5. The molecule has 0 aliphatic rings. The van der Waals surface area contributed by atoms with Crippen LogP contribution in [0.5, 0.6) is 5.75 Å². The van der Waals surface area contributed by atoms with Crippen molar-refractivity contribution in [2.75, 3.05) is 11.9 Å². The zero-order valence-electron chi connectivity index (χ0n) is 11.5. The Morgan fingerprint density at radius 3 is 2.76 bits per heavy atom. The average Bonchev–Trinajstić information content (AvgIpc) is 2.45. The predicted octanol–water partition coefficient (Wildman–Crippen LogP) is 1.51. The number of nitrogens with two attached hydrogens (primary N) is 1. The molecular weight excluding hydrogens is 270 g/mol. The first-order valence-corrected chi connectivity index (χ1v) is 6.30. The van der Waals surface area contributed by atoms with Crippen LogP contribution < -0.4 is 15.8 Å². The van der Waals surface area contributed by atoms with Gasteiger partial charge in [-0.05, 0) is 36.8 Å². The molecule has 108 valence electrons. The summed E-state index contributed by atoms with van der Waals surface area (Å²) in [6.07, 6.45) is 1.61.